The highest BCUT2D eigenvalue weighted by molar-refractivity contribution is 7.99. The molecule has 102 valence electrons. The van der Waals surface area contributed by atoms with E-state index in [0.717, 1.165) is 17.9 Å². The van der Waals surface area contributed by atoms with Crippen molar-refractivity contribution in [3.8, 4) is 0 Å². The third-order valence-corrected chi connectivity index (χ3v) is 4.07. The van der Waals surface area contributed by atoms with Gasteiger partial charge >= 0.3 is 0 Å². The minimum absolute atomic E-state index is 0.140. The summed E-state index contributed by atoms with van der Waals surface area (Å²) in [7, 11) is 0. The van der Waals surface area contributed by atoms with Crippen molar-refractivity contribution in [2.75, 3.05) is 5.75 Å². The van der Waals surface area contributed by atoms with Crippen LogP contribution in [-0.2, 0) is 6.42 Å². The quantitative estimate of drug-likeness (QED) is 0.824. The van der Waals surface area contributed by atoms with E-state index >= 15 is 0 Å². The van der Waals surface area contributed by atoms with Gasteiger partial charge < -0.3 is 5.73 Å². The first kappa shape index (κ1) is 14.2. The highest BCUT2D eigenvalue weighted by Gasteiger charge is 2.08. The van der Waals surface area contributed by atoms with Crippen molar-refractivity contribution in [1.29, 1.82) is 0 Å². The number of aromatic nitrogens is 2. The van der Waals surface area contributed by atoms with Crippen molar-refractivity contribution in [1.82, 2.24) is 9.78 Å². The fourth-order valence-electron chi connectivity index (χ4n) is 1.82. The molecular weight excluding hydrogens is 254 g/mol. The van der Waals surface area contributed by atoms with Crippen molar-refractivity contribution < 1.29 is 0 Å². The summed E-state index contributed by atoms with van der Waals surface area (Å²) in [5.41, 5.74) is 7.25. The largest absolute Gasteiger partial charge is 0.327 e. The van der Waals surface area contributed by atoms with Crippen LogP contribution in [0.25, 0.3) is 0 Å². The first-order chi connectivity index (χ1) is 9.15. The van der Waals surface area contributed by atoms with Crippen LogP contribution in [0.2, 0.25) is 0 Å². The molecule has 0 radical (unpaired) electrons. The predicted molar refractivity (Wildman–Crippen MR) is 81.5 cm³/mol. The molecule has 1 aromatic heterocycles. The second-order valence-electron chi connectivity index (χ2n) is 4.97. The fraction of sp³-hybridized carbons (Fsp3) is 0.400. The van der Waals surface area contributed by atoms with Gasteiger partial charge in [-0.3, -0.25) is 4.68 Å². The molecule has 0 spiro atoms. The van der Waals surface area contributed by atoms with Crippen molar-refractivity contribution in [2.45, 2.75) is 37.2 Å². The number of rotatable bonds is 6. The van der Waals surface area contributed by atoms with Crippen molar-refractivity contribution in [2.24, 2.45) is 5.73 Å². The molecule has 0 bridgehead atoms. The third-order valence-electron chi connectivity index (χ3n) is 2.87. The molecule has 2 rings (SSSR count). The lowest BCUT2D eigenvalue weighted by molar-refractivity contribution is 0.523. The zero-order valence-electron chi connectivity index (χ0n) is 11.5. The molecule has 1 aromatic carbocycles. The Morgan fingerprint density at radius 1 is 1.21 bits per heavy atom. The molecule has 0 fully saturated rings. The second-order valence-corrected chi connectivity index (χ2v) is 6.06. The van der Waals surface area contributed by atoms with E-state index in [1.807, 2.05) is 16.9 Å². The summed E-state index contributed by atoms with van der Waals surface area (Å²) in [4.78, 5) is 1.27. The highest BCUT2D eigenvalue weighted by atomic mass is 32.2. The summed E-state index contributed by atoms with van der Waals surface area (Å²) in [5, 5.41) is 4.53. The fourth-order valence-corrected chi connectivity index (χ4v) is 2.70. The zero-order chi connectivity index (χ0) is 13.7. The summed E-state index contributed by atoms with van der Waals surface area (Å²) in [6.07, 6.45) is 2.86. The lowest BCUT2D eigenvalue weighted by atomic mass is 10.2. The molecular formula is C15H21N3S. The van der Waals surface area contributed by atoms with E-state index in [4.69, 9.17) is 5.73 Å². The molecule has 2 aromatic rings. The van der Waals surface area contributed by atoms with E-state index in [1.165, 1.54) is 4.90 Å². The van der Waals surface area contributed by atoms with Crippen LogP contribution in [0.5, 0.6) is 0 Å². The van der Waals surface area contributed by atoms with E-state index in [2.05, 4.69) is 49.3 Å². The van der Waals surface area contributed by atoms with E-state index in [1.54, 1.807) is 11.8 Å². The maximum Gasteiger partial charge on any atom is 0.0640 e. The van der Waals surface area contributed by atoms with E-state index in [0.29, 0.717) is 6.04 Å². The summed E-state index contributed by atoms with van der Waals surface area (Å²) in [6.45, 7) is 4.25. The standard InChI is InChI=1S/C15H21N3S/c1-12(2)18-9-8-14(17-18)10-13(16)11-19-15-6-4-3-5-7-15/h3-9,12-13H,10-11,16H2,1-2H3. The third kappa shape index (κ3) is 4.40. The lowest BCUT2D eigenvalue weighted by Crippen LogP contribution is -2.25. The van der Waals surface area contributed by atoms with E-state index < -0.39 is 0 Å². The van der Waals surface area contributed by atoms with Gasteiger partial charge in [0.2, 0.25) is 0 Å². The summed E-state index contributed by atoms with van der Waals surface area (Å²) < 4.78 is 1.98. The molecule has 0 aliphatic carbocycles. The van der Waals surface area contributed by atoms with Crippen LogP contribution >= 0.6 is 11.8 Å². The predicted octanol–water partition coefficient (Wildman–Crippen LogP) is 3.13. The first-order valence-corrected chi connectivity index (χ1v) is 7.61. The van der Waals surface area contributed by atoms with Gasteiger partial charge in [-0.25, -0.2) is 0 Å². The SMILES string of the molecule is CC(C)n1ccc(CC(N)CSc2ccccc2)n1. The molecule has 4 heteroatoms. The van der Waals surface area contributed by atoms with Crippen LogP contribution in [-0.4, -0.2) is 21.6 Å². The van der Waals surface area contributed by atoms with Gasteiger partial charge in [0.05, 0.1) is 5.69 Å². The molecule has 0 aliphatic heterocycles. The molecule has 3 nitrogen and oxygen atoms in total. The van der Waals surface area contributed by atoms with Gasteiger partial charge in [0.25, 0.3) is 0 Å². The van der Waals surface area contributed by atoms with Crippen LogP contribution in [0, 0.1) is 0 Å². The molecule has 0 aliphatic rings. The van der Waals surface area contributed by atoms with Gasteiger partial charge in [0, 0.05) is 35.3 Å². The number of nitrogens with two attached hydrogens (primary N) is 1. The molecule has 19 heavy (non-hydrogen) atoms. The Morgan fingerprint density at radius 3 is 2.58 bits per heavy atom. The number of nitrogens with zero attached hydrogens (tertiary/aromatic N) is 2. The van der Waals surface area contributed by atoms with Gasteiger partial charge in [0.15, 0.2) is 0 Å². The van der Waals surface area contributed by atoms with Crippen molar-refractivity contribution in [3.05, 3.63) is 48.3 Å². The van der Waals surface area contributed by atoms with Crippen molar-refractivity contribution >= 4 is 11.8 Å². The maximum atomic E-state index is 6.17. The number of hydrogen-bond donors (Lipinski definition) is 1. The Hall–Kier alpha value is -1.26. The van der Waals surface area contributed by atoms with E-state index in [9.17, 15) is 0 Å². The van der Waals surface area contributed by atoms with Gasteiger partial charge in [-0.1, -0.05) is 18.2 Å². The molecule has 1 unspecified atom stereocenters. The van der Waals surface area contributed by atoms with Crippen LogP contribution in [0.15, 0.2) is 47.5 Å². The molecule has 0 saturated carbocycles. The average molecular weight is 275 g/mol. The zero-order valence-corrected chi connectivity index (χ0v) is 12.3. The minimum atomic E-state index is 0.140. The second kappa shape index (κ2) is 6.78. The van der Waals surface area contributed by atoms with Crippen LogP contribution < -0.4 is 5.73 Å². The summed E-state index contributed by atoms with van der Waals surface area (Å²) in [6, 6.07) is 13.0. The number of hydrogen-bond acceptors (Lipinski definition) is 3. The lowest BCUT2D eigenvalue weighted by Gasteiger charge is -2.10. The maximum absolute atomic E-state index is 6.17. The van der Waals surface area contributed by atoms with Gasteiger partial charge in [-0.05, 0) is 32.0 Å². The number of benzene rings is 1. The van der Waals surface area contributed by atoms with Gasteiger partial charge in [-0.15, -0.1) is 11.8 Å². The minimum Gasteiger partial charge on any atom is -0.327 e. The van der Waals surface area contributed by atoms with Gasteiger partial charge in [0.1, 0.15) is 0 Å². The Labute approximate surface area is 119 Å². The topological polar surface area (TPSA) is 43.8 Å². The molecule has 2 N–H and O–H groups in total. The Balaban J connectivity index is 1.82. The monoisotopic (exact) mass is 275 g/mol. The summed E-state index contributed by atoms with van der Waals surface area (Å²) in [5.74, 6) is 0.915. The van der Waals surface area contributed by atoms with Crippen molar-refractivity contribution in [3.63, 3.8) is 0 Å². The molecule has 0 amide bonds. The Bertz CT molecular complexity index is 493. The average Bonchev–Trinajstić information content (AvgIpc) is 2.86. The van der Waals surface area contributed by atoms with E-state index in [-0.39, 0.29) is 6.04 Å². The molecule has 0 saturated heterocycles. The Morgan fingerprint density at radius 2 is 1.95 bits per heavy atom. The first-order valence-electron chi connectivity index (χ1n) is 6.62. The smallest absolute Gasteiger partial charge is 0.0640 e. The highest BCUT2D eigenvalue weighted by Crippen LogP contribution is 2.18. The molecule has 1 atom stereocenters. The van der Waals surface area contributed by atoms with Crippen LogP contribution in [0.4, 0.5) is 0 Å². The number of thioether (sulfide) groups is 1. The van der Waals surface area contributed by atoms with Crippen LogP contribution in [0.3, 0.4) is 0 Å². The normalized spacial score (nSPS) is 12.8. The van der Waals surface area contributed by atoms with Gasteiger partial charge in [-0.2, -0.15) is 5.10 Å². The Kier molecular flexibility index (Phi) is 5.05. The molecule has 1 heterocycles. The summed E-state index contributed by atoms with van der Waals surface area (Å²) >= 11 is 1.80. The van der Waals surface area contributed by atoms with Crippen LogP contribution in [0.1, 0.15) is 25.6 Å².